The second-order valence-corrected chi connectivity index (χ2v) is 5.83. The molecule has 1 aromatic rings. The Balaban J connectivity index is 0.00000312. The molecular weight excluding hydrogens is 446 g/mol. The van der Waals surface area contributed by atoms with Gasteiger partial charge in [0.05, 0.1) is 5.56 Å². The molecule has 9 heteroatoms. The van der Waals surface area contributed by atoms with Crippen LogP contribution in [0.1, 0.15) is 37.7 Å². The van der Waals surface area contributed by atoms with Crippen molar-refractivity contribution < 1.29 is 13.2 Å². The van der Waals surface area contributed by atoms with E-state index in [1.807, 2.05) is 0 Å². The number of nitrogens with one attached hydrogen (secondary N) is 3. The Kier molecular flexibility index (Phi) is 9.30. The van der Waals surface area contributed by atoms with Gasteiger partial charge in [-0.25, -0.2) is 4.98 Å². The first-order valence-electron chi connectivity index (χ1n) is 8.23. The van der Waals surface area contributed by atoms with E-state index in [9.17, 15) is 13.2 Å². The molecule has 0 bridgehead atoms. The second-order valence-electron chi connectivity index (χ2n) is 5.83. The molecule has 1 aliphatic carbocycles. The number of hydrogen-bond acceptors (Lipinski definition) is 3. The van der Waals surface area contributed by atoms with Crippen LogP contribution in [-0.4, -0.2) is 37.1 Å². The van der Waals surface area contributed by atoms with Crippen molar-refractivity contribution in [3.63, 3.8) is 0 Å². The van der Waals surface area contributed by atoms with Crippen molar-refractivity contribution in [2.45, 2.75) is 44.3 Å². The number of halogens is 4. The number of rotatable bonds is 6. The van der Waals surface area contributed by atoms with E-state index in [4.69, 9.17) is 0 Å². The first-order valence-corrected chi connectivity index (χ1v) is 8.23. The van der Waals surface area contributed by atoms with Crippen LogP contribution >= 0.6 is 24.0 Å². The van der Waals surface area contributed by atoms with Crippen molar-refractivity contribution in [2.75, 3.05) is 25.5 Å². The minimum absolute atomic E-state index is 0. The van der Waals surface area contributed by atoms with Gasteiger partial charge in [0.1, 0.15) is 5.82 Å². The molecule has 1 aromatic heterocycles. The van der Waals surface area contributed by atoms with Gasteiger partial charge in [-0.3, -0.25) is 4.99 Å². The summed E-state index contributed by atoms with van der Waals surface area (Å²) in [6.45, 7) is 1.34. The third kappa shape index (κ3) is 7.66. The van der Waals surface area contributed by atoms with E-state index in [1.54, 1.807) is 7.05 Å². The quantitative estimate of drug-likeness (QED) is 0.257. The lowest BCUT2D eigenvalue weighted by atomic mass is 10.2. The molecule has 0 spiro atoms. The molecule has 0 amide bonds. The van der Waals surface area contributed by atoms with Gasteiger partial charge in [-0.1, -0.05) is 12.8 Å². The predicted octanol–water partition coefficient (Wildman–Crippen LogP) is 3.63. The van der Waals surface area contributed by atoms with Crippen molar-refractivity contribution in [2.24, 2.45) is 4.99 Å². The Morgan fingerprint density at radius 3 is 2.52 bits per heavy atom. The minimum atomic E-state index is -4.35. The van der Waals surface area contributed by atoms with Crippen LogP contribution < -0.4 is 16.0 Å². The number of hydrogen-bond donors (Lipinski definition) is 3. The van der Waals surface area contributed by atoms with Gasteiger partial charge in [0.25, 0.3) is 0 Å². The number of alkyl halides is 3. The summed E-state index contributed by atoms with van der Waals surface area (Å²) in [5, 5.41) is 9.64. The van der Waals surface area contributed by atoms with Crippen LogP contribution in [0.15, 0.2) is 23.3 Å². The van der Waals surface area contributed by atoms with Crippen molar-refractivity contribution >= 4 is 35.8 Å². The Hall–Kier alpha value is -1.26. The monoisotopic (exact) mass is 471 g/mol. The van der Waals surface area contributed by atoms with Gasteiger partial charge in [0, 0.05) is 32.4 Å². The highest BCUT2D eigenvalue weighted by molar-refractivity contribution is 14.0. The van der Waals surface area contributed by atoms with Gasteiger partial charge in [-0.15, -0.1) is 24.0 Å². The summed E-state index contributed by atoms with van der Waals surface area (Å²) in [6, 6.07) is 2.88. The van der Waals surface area contributed by atoms with E-state index in [-0.39, 0.29) is 24.0 Å². The molecule has 25 heavy (non-hydrogen) atoms. The highest BCUT2D eigenvalue weighted by Gasteiger charge is 2.30. The fraction of sp³-hybridized carbons (Fsp3) is 0.625. The molecule has 0 aromatic carbocycles. The van der Waals surface area contributed by atoms with Crippen LogP contribution in [0.3, 0.4) is 0 Å². The fourth-order valence-electron chi connectivity index (χ4n) is 2.64. The van der Waals surface area contributed by atoms with Crippen LogP contribution in [-0.2, 0) is 6.18 Å². The zero-order valence-electron chi connectivity index (χ0n) is 14.2. The van der Waals surface area contributed by atoms with E-state index >= 15 is 0 Å². The van der Waals surface area contributed by atoms with E-state index < -0.39 is 11.7 Å². The molecule has 142 valence electrons. The molecule has 0 radical (unpaired) electrons. The maximum atomic E-state index is 12.4. The number of pyridine rings is 1. The minimum Gasteiger partial charge on any atom is -0.370 e. The highest BCUT2D eigenvalue weighted by atomic mass is 127. The SMILES string of the molecule is CN=C(NCCCNc1ccc(C(F)(F)F)cn1)NC1CCCC1.I. The van der Waals surface area contributed by atoms with Crippen molar-refractivity contribution in [3.8, 4) is 0 Å². The number of guanidine groups is 1. The van der Waals surface area contributed by atoms with Crippen LogP contribution in [0.5, 0.6) is 0 Å². The summed E-state index contributed by atoms with van der Waals surface area (Å²) in [4.78, 5) is 7.97. The van der Waals surface area contributed by atoms with Gasteiger partial charge in [-0.2, -0.15) is 13.2 Å². The van der Waals surface area contributed by atoms with Gasteiger partial charge < -0.3 is 16.0 Å². The molecule has 1 saturated carbocycles. The maximum Gasteiger partial charge on any atom is 0.417 e. The standard InChI is InChI=1S/C16H24F3N5.HI/c1-20-15(24-13-5-2-3-6-13)22-10-4-9-21-14-8-7-12(11-23-14)16(17,18)19;/h7-8,11,13H,2-6,9-10H2,1H3,(H,21,23)(H2,20,22,24);1H. The molecule has 0 aliphatic heterocycles. The second kappa shape index (κ2) is 10.7. The maximum absolute atomic E-state index is 12.4. The molecule has 1 aliphatic rings. The van der Waals surface area contributed by atoms with Gasteiger partial charge >= 0.3 is 6.18 Å². The number of aromatic nitrogens is 1. The summed E-state index contributed by atoms with van der Waals surface area (Å²) in [5.41, 5.74) is -0.739. The van der Waals surface area contributed by atoms with Crippen LogP contribution in [0.25, 0.3) is 0 Å². The number of aliphatic imine (C=N–C) groups is 1. The molecule has 0 saturated heterocycles. The van der Waals surface area contributed by atoms with Crippen LogP contribution in [0, 0.1) is 0 Å². The zero-order valence-corrected chi connectivity index (χ0v) is 16.5. The molecule has 1 fully saturated rings. The summed E-state index contributed by atoms with van der Waals surface area (Å²) in [7, 11) is 1.74. The lowest BCUT2D eigenvalue weighted by Gasteiger charge is -2.16. The van der Waals surface area contributed by atoms with Crippen molar-refractivity contribution in [3.05, 3.63) is 23.9 Å². The van der Waals surface area contributed by atoms with E-state index in [2.05, 4.69) is 25.9 Å². The predicted molar refractivity (Wildman–Crippen MR) is 105 cm³/mol. The van der Waals surface area contributed by atoms with Crippen molar-refractivity contribution in [1.29, 1.82) is 0 Å². The van der Waals surface area contributed by atoms with Gasteiger partial charge in [-0.05, 0) is 31.4 Å². The van der Waals surface area contributed by atoms with Gasteiger partial charge in [0.15, 0.2) is 5.96 Å². The molecule has 3 N–H and O–H groups in total. The number of nitrogens with zero attached hydrogens (tertiary/aromatic N) is 2. The van der Waals surface area contributed by atoms with Crippen LogP contribution in [0.4, 0.5) is 19.0 Å². The van der Waals surface area contributed by atoms with Gasteiger partial charge in [0.2, 0.25) is 0 Å². The Labute approximate surface area is 163 Å². The molecule has 0 atom stereocenters. The summed E-state index contributed by atoms with van der Waals surface area (Å²) in [5.74, 6) is 1.24. The van der Waals surface area contributed by atoms with Crippen molar-refractivity contribution in [1.82, 2.24) is 15.6 Å². The van der Waals surface area contributed by atoms with E-state index in [0.29, 0.717) is 18.4 Å². The summed E-state index contributed by atoms with van der Waals surface area (Å²) in [6.07, 6.45) is 2.18. The Morgan fingerprint density at radius 2 is 1.96 bits per heavy atom. The smallest absolute Gasteiger partial charge is 0.370 e. The molecule has 1 heterocycles. The van der Waals surface area contributed by atoms with Crippen LogP contribution in [0.2, 0.25) is 0 Å². The largest absolute Gasteiger partial charge is 0.417 e. The Bertz CT molecular complexity index is 528. The Morgan fingerprint density at radius 1 is 1.24 bits per heavy atom. The topological polar surface area (TPSA) is 61.3 Å². The first-order chi connectivity index (χ1) is 11.5. The first kappa shape index (κ1) is 21.8. The highest BCUT2D eigenvalue weighted by Crippen LogP contribution is 2.28. The summed E-state index contributed by atoms with van der Waals surface area (Å²) >= 11 is 0. The average Bonchev–Trinajstić information content (AvgIpc) is 3.06. The molecular formula is C16H25F3IN5. The van der Waals surface area contributed by atoms with E-state index in [0.717, 1.165) is 31.2 Å². The normalized spacial score (nSPS) is 15.6. The fourth-order valence-corrected chi connectivity index (χ4v) is 2.64. The molecule has 5 nitrogen and oxygen atoms in total. The average molecular weight is 471 g/mol. The lowest BCUT2D eigenvalue weighted by Crippen LogP contribution is -2.42. The third-order valence-electron chi connectivity index (χ3n) is 3.96. The lowest BCUT2D eigenvalue weighted by molar-refractivity contribution is -0.137. The number of anilines is 1. The zero-order chi connectivity index (χ0) is 17.4. The molecule has 0 unspecified atom stereocenters. The summed E-state index contributed by atoms with van der Waals surface area (Å²) < 4.78 is 37.3. The molecule has 2 rings (SSSR count). The third-order valence-corrected chi connectivity index (χ3v) is 3.96. The van der Waals surface area contributed by atoms with E-state index in [1.165, 1.54) is 31.7 Å².